The standard InChI is InChI=1S/C12H22N3O3Si/c1-2-3-4-5-6-7-10(17)15-12(19,11(14)18)8-9(13)16/h2-8H2,1H3,(H2,13,16)(H2,14,18)(H,15,17)/t12-/m0/s1. The number of amides is 3. The van der Waals surface area contributed by atoms with Gasteiger partial charge in [0.05, 0.1) is 16.7 Å². The first-order valence-electron chi connectivity index (χ1n) is 6.46. The van der Waals surface area contributed by atoms with Crippen LogP contribution < -0.4 is 16.8 Å². The maximum atomic E-state index is 11.7. The maximum absolute atomic E-state index is 11.7. The molecule has 0 saturated carbocycles. The van der Waals surface area contributed by atoms with Gasteiger partial charge in [0, 0.05) is 6.42 Å². The molecule has 3 amide bonds. The van der Waals surface area contributed by atoms with Gasteiger partial charge in [-0.1, -0.05) is 32.6 Å². The van der Waals surface area contributed by atoms with Crippen molar-refractivity contribution in [2.24, 2.45) is 11.5 Å². The van der Waals surface area contributed by atoms with Crippen LogP contribution in [0.4, 0.5) is 0 Å². The molecule has 0 aromatic heterocycles. The summed E-state index contributed by atoms with van der Waals surface area (Å²) in [5, 5.41) is 0.823. The highest BCUT2D eigenvalue weighted by atomic mass is 28.1. The van der Waals surface area contributed by atoms with Crippen LogP contribution in [0, 0.1) is 0 Å². The lowest BCUT2D eigenvalue weighted by Gasteiger charge is -2.26. The number of nitrogens with two attached hydrogens (primary N) is 2. The van der Waals surface area contributed by atoms with Gasteiger partial charge in [-0.15, -0.1) is 0 Å². The van der Waals surface area contributed by atoms with Crippen LogP contribution in [0.25, 0.3) is 0 Å². The molecular weight excluding hydrogens is 262 g/mol. The summed E-state index contributed by atoms with van der Waals surface area (Å²) in [5.41, 5.74) is 10.2. The molecule has 5 N–H and O–H groups in total. The summed E-state index contributed by atoms with van der Waals surface area (Å²) < 4.78 is 0. The van der Waals surface area contributed by atoms with Gasteiger partial charge >= 0.3 is 0 Å². The number of hydrogen-bond acceptors (Lipinski definition) is 3. The fourth-order valence-corrected chi connectivity index (χ4v) is 1.96. The summed E-state index contributed by atoms with van der Waals surface area (Å²) in [7, 11) is 3.04. The molecular formula is C12H22N3O3Si. The van der Waals surface area contributed by atoms with Crippen molar-refractivity contribution in [2.45, 2.75) is 57.0 Å². The van der Waals surface area contributed by atoms with Gasteiger partial charge in [-0.3, -0.25) is 14.4 Å². The van der Waals surface area contributed by atoms with Gasteiger partial charge in [-0.25, -0.2) is 0 Å². The maximum Gasteiger partial charge on any atom is 0.239 e. The number of carbonyl (C=O) groups excluding carboxylic acids is 3. The van der Waals surface area contributed by atoms with Gasteiger partial charge in [-0.05, 0) is 6.42 Å². The summed E-state index contributed by atoms with van der Waals surface area (Å²) >= 11 is 0. The molecule has 0 spiro atoms. The van der Waals surface area contributed by atoms with Crippen molar-refractivity contribution in [3.05, 3.63) is 0 Å². The second-order valence-electron chi connectivity index (χ2n) is 4.63. The average Bonchev–Trinajstić information content (AvgIpc) is 2.27. The lowest BCUT2D eigenvalue weighted by molar-refractivity contribution is -0.131. The predicted molar refractivity (Wildman–Crippen MR) is 73.0 cm³/mol. The number of hydrogen-bond donors (Lipinski definition) is 3. The summed E-state index contributed by atoms with van der Waals surface area (Å²) in [4.78, 5) is 33.8. The number of unbranched alkanes of at least 4 members (excludes halogenated alkanes) is 4. The molecule has 0 bridgehead atoms. The van der Waals surface area contributed by atoms with Gasteiger partial charge in [0.1, 0.15) is 5.16 Å². The lowest BCUT2D eigenvalue weighted by atomic mass is 10.1. The Bertz CT molecular complexity index is 336. The van der Waals surface area contributed by atoms with E-state index in [2.05, 4.69) is 22.5 Å². The van der Waals surface area contributed by atoms with Crippen LogP contribution in [0.1, 0.15) is 51.9 Å². The molecule has 3 radical (unpaired) electrons. The minimum absolute atomic E-state index is 0.294. The van der Waals surface area contributed by atoms with Gasteiger partial charge < -0.3 is 16.8 Å². The predicted octanol–water partition coefficient (Wildman–Crippen LogP) is -0.311. The summed E-state index contributed by atoms with van der Waals surface area (Å²) in [5.74, 6) is -1.90. The molecule has 0 aromatic carbocycles. The minimum Gasteiger partial charge on any atom is -0.370 e. The lowest BCUT2D eigenvalue weighted by Crippen LogP contribution is -2.59. The molecule has 0 heterocycles. The van der Waals surface area contributed by atoms with Crippen LogP contribution >= 0.6 is 0 Å². The van der Waals surface area contributed by atoms with Gasteiger partial charge in [0.2, 0.25) is 17.7 Å². The number of nitrogens with one attached hydrogen (secondary N) is 1. The third kappa shape index (κ3) is 7.61. The fourth-order valence-electron chi connectivity index (χ4n) is 1.64. The van der Waals surface area contributed by atoms with Crippen LogP contribution in [0.3, 0.4) is 0 Å². The zero-order valence-corrected chi connectivity index (χ0v) is 12.3. The Balaban J connectivity index is 4.18. The second kappa shape index (κ2) is 8.68. The zero-order valence-electron chi connectivity index (χ0n) is 11.3. The van der Waals surface area contributed by atoms with E-state index in [1.807, 2.05) is 0 Å². The van der Waals surface area contributed by atoms with Crippen molar-refractivity contribution in [2.75, 3.05) is 0 Å². The van der Waals surface area contributed by atoms with Crippen molar-refractivity contribution < 1.29 is 14.4 Å². The molecule has 0 unspecified atom stereocenters. The van der Waals surface area contributed by atoms with E-state index in [9.17, 15) is 14.4 Å². The van der Waals surface area contributed by atoms with Crippen LogP contribution in [0.2, 0.25) is 0 Å². The van der Waals surface area contributed by atoms with E-state index in [0.29, 0.717) is 6.42 Å². The zero-order chi connectivity index (χ0) is 14.9. The smallest absolute Gasteiger partial charge is 0.239 e. The highest BCUT2D eigenvalue weighted by Crippen LogP contribution is 2.08. The molecule has 107 valence electrons. The van der Waals surface area contributed by atoms with E-state index in [1.165, 1.54) is 0 Å². The van der Waals surface area contributed by atoms with Crippen molar-refractivity contribution in [3.63, 3.8) is 0 Å². The monoisotopic (exact) mass is 284 g/mol. The Kier molecular flexibility index (Phi) is 8.05. The Morgan fingerprint density at radius 2 is 1.68 bits per heavy atom. The Morgan fingerprint density at radius 3 is 2.16 bits per heavy atom. The summed E-state index contributed by atoms with van der Waals surface area (Å²) in [6.45, 7) is 2.11. The van der Waals surface area contributed by atoms with E-state index in [1.54, 1.807) is 0 Å². The molecule has 0 fully saturated rings. The Hall–Kier alpha value is -1.37. The quantitative estimate of drug-likeness (QED) is 0.377. The van der Waals surface area contributed by atoms with Gasteiger partial charge in [0.15, 0.2) is 0 Å². The second-order valence-corrected chi connectivity index (χ2v) is 5.48. The topological polar surface area (TPSA) is 115 Å². The van der Waals surface area contributed by atoms with Crippen LogP contribution in [-0.4, -0.2) is 33.1 Å². The van der Waals surface area contributed by atoms with Crippen molar-refractivity contribution in [1.29, 1.82) is 0 Å². The highest BCUT2D eigenvalue weighted by Gasteiger charge is 2.34. The molecule has 0 aromatic rings. The SMILES string of the molecule is CCCCCCCC(=O)N[C@]([Si])(CC(N)=O)C(N)=O. The Morgan fingerprint density at radius 1 is 1.11 bits per heavy atom. The number of primary amides is 2. The fraction of sp³-hybridized carbons (Fsp3) is 0.750. The molecule has 7 heteroatoms. The van der Waals surface area contributed by atoms with E-state index in [4.69, 9.17) is 11.5 Å². The van der Waals surface area contributed by atoms with Gasteiger partial charge in [0.25, 0.3) is 0 Å². The normalized spacial score (nSPS) is 13.6. The van der Waals surface area contributed by atoms with E-state index >= 15 is 0 Å². The van der Waals surface area contributed by atoms with E-state index in [-0.39, 0.29) is 12.3 Å². The minimum atomic E-state index is -1.59. The largest absolute Gasteiger partial charge is 0.370 e. The Labute approximate surface area is 117 Å². The van der Waals surface area contributed by atoms with Crippen LogP contribution in [0.15, 0.2) is 0 Å². The molecule has 0 aliphatic heterocycles. The molecule has 0 rings (SSSR count). The van der Waals surface area contributed by atoms with Crippen LogP contribution in [0.5, 0.6) is 0 Å². The molecule has 0 saturated heterocycles. The molecule has 0 aliphatic rings. The third-order valence-corrected chi connectivity index (χ3v) is 3.27. The van der Waals surface area contributed by atoms with E-state index < -0.39 is 17.0 Å². The molecule has 6 nitrogen and oxygen atoms in total. The summed E-state index contributed by atoms with van der Waals surface area (Å²) in [6, 6.07) is 0. The number of rotatable bonds is 10. The van der Waals surface area contributed by atoms with Crippen molar-refractivity contribution in [1.82, 2.24) is 5.32 Å². The van der Waals surface area contributed by atoms with E-state index in [0.717, 1.165) is 32.1 Å². The first-order chi connectivity index (χ1) is 8.81. The first kappa shape index (κ1) is 17.6. The first-order valence-corrected chi connectivity index (χ1v) is 6.96. The van der Waals surface area contributed by atoms with Crippen molar-refractivity contribution >= 4 is 28.0 Å². The van der Waals surface area contributed by atoms with Crippen LogP contribution in [-0.2, 0) is 14.4 Å². The third-order valence-electron chi connectivity index (χ3n) is 2.72. The number of carbonyl (C=O) groups is 3. The van der Waals surface area contributed by atoms with Crippen molar-refractivity contribution in [3.8, 4) is 0 Å². The summed E-state index contributed by atoms with van der Waals surface area (Å²) in [6.07, 6.45) is 4.98. The highest BCUT2D eigenvalue weighted by molar-refractivity contribution is 6.30. The van der Waals surface area contributed by atoms with Gasteiger partial charge in [-0.2, -0.15) is 0 Å². The average molecular weight is 284 g/mol. The molecule has 0 aliphatic carbocycles. The molecule has 19 heavy (non-hydrogen) atoms. The molecule has 1 atom stereocenters.